The van der Waals surface area contributed by atoms with Gasteiger partial charge in [-0.3, -0.25) is 4.98 Å². The molecule has 0 saturated heterocycles. The molecule has 0 bridgehead atoms. The summed E-state index contributed by atoms with van der Waals surface area (Å²) in [4.78, 5) is 3.22. The molecule has 0 spiro atoms. The summed E-state index contributed by atoms with van der Waals surface area (Å²) < 4.78 is 36.0. The van der Waals surface area contributed by atoms with Gasteiger partial charge in [0.2, 0.25) is 0 Å². The molecule has 1 heterocycles. The van der Waals surface area contributed by atoms with E-state index in [0.29, 0.717) is 0 Å². The molecule has 11 heavy (non-hydrogen) atoms. The van der Waals surface area contributed by atoms with E-state index in [1.807, 2.05) is 0 Å². The Morgan fingerprint density at radius 1 is 1.36 bits per heavy atom. The van der Waals surface area contributed by atoms with Crippen molar-refractivity contribution in [3.05, 3.63) is 29.6 Å². The zero-order chi connectivity index (χ0) is 8.48. The Balaban J connectivity index is 3.14. The molecule has 1 aromatic heterocycles. The van der Waals surface area contributed by atoms with Gasteiger partial charge in [0.1, 0.15) is 5.69 Å². The zero-order valence-electron chi connectivity index (χ0n) is 5.81. The first-order chi connectivity index (χ1) is 5.02. The predicted octanol–water partition coefficient (Wildman–Crippen LogP) is 2.41. The van der Waals surface area contributed by atoms with Gasteiger partial charge in [-0.2, -0.15) is 13.2 Å². The molecule has 0 fully saturated rings. The monoisotopic (exact) mass is 161 g/mol. The van der Waals surface area contributed by atoms with Crippen LogP contribution in [0.25, 0.3) is 0 Å². The second-order valence-electron chi connectivity index (χ2n) is 2.17. The number of nitrogens with zero attached hydrogens (tertiary/aromatic N) is 1. The van der Waals surface area contributed by atoms with E-state index in [1.165, 1.54) is 19.1 Å². The molecule has 0 aromatic carbocycles. The molecule has 1 rings (SSSR count). The Labute approximate surface area is 61.9 Å². The van der Waals surface area contributed by atoms with E-state index < -0.39 is 11.9 Å². The molecule has 4 heteroatoms. The number of hydrogen-bond donors (Lipinski definition) is 0. The Bertz CT molecular complexity index is 254. The molecule has 1 nitrogen and oxygen atoms in total. The van der Waals surface area contributed by atoms with Gasteiger partial charge in [-0.05, 0) is 18.6 Å². The highest BCUT2D eigenvalue weighted by Crippen LogP contribution is 2.29. The molecular formula is C7H6F3N. The lowest BCUT2D eigenvalue weighted by atomic mass is 10.2. The maximum atomic E-state index is 12.0. The SMILES string of the molecule is Cc1cccnc1C(F)(F)F. The van der Waals surface area contributed by atoms with Crippen LogP contribution in [0.2, 0.25) is 0 Å². The minimum absolute atomic E-state index is 0.153. The van der Waals surface area contributed by atoms with Crippen LogP contribution in [0.3, 0.4) is 0 Å². The van der Waals surface area contributed by atoms with Gasteiger partial charge in [-0.15, -0.1) is 0 Å². The molecular weight excluding hydrogens is 155 g/mol. The van der Waals surface area contributed by atoms with Crippen molar-refractivity contribution < 1.29 is 13.2 Å². The average molecular weight is 161 g/mol. The summed E-state index contributed by atoms with van der Waals surface area (Å²) in [5, 5.41) is 0. The fraction of sp³-hybridized carbons (Fsp3) is 0.286. The van der Waals surface area contributed by atoms with Crippen LogP contribution >= 0.6 is 0 Å². The third-order valence-corrected chi connectivity index (χ3v) is 1.28. The van der Waals surface area contributed by atoms with Crippen LogP contribution in [0.15, 0.2) is 18.3 Å². The van der Waals surface area contributed by atoms with E-state index in [4.69, 9.17) is 0 Å². The van der Waals surface area contributed by atoms with Crippen LogP contribution in [0, 0.1) is 6.92 Å². The van der Waals surface area contributed by atoms with Crippen molar-refractivity contribution in [3.63, 3.8) is 0 Å². The first kappa shape index (κ1) is 8.04. The average Bonchev–Trinajstić information content (AvgIpc) is 1.86. The first-order valence-corrected chi connectivity index (χ1v) is 3.00. The molecule has 0 saturated carbocycles. The van der Waals surface area contributed by atoms with Crippen molar-refractivity contribution in [3.8, 4) is 0 Å². The van der Waals surface area contributed by atoms with Gasteiger partial charge in [0.25, 0.3) is 0 Å². The summed E-state index contributed by atoms with van der Waals surface area (Å²) in [7, 11) is 0. The highest BCUT2D eigenvalue weighted by Gasteiger charge is 2.33. The summed E-state index contributed by atoms with van der Waals surface area (Å²) in [6.07, 6.45) is -3.19. The Morgan fingerprint density at radius 3 is 2.36 bits per heavy atom. The van der Waals surface area contributed by atoms with Gasteiger partial charge in [0.15, 0.2) is 0 Å². The van der Waals surface area contributed by atoms with Gasteiger partial charge in [-0.1, -0.05) is 6.07 Å². The molecule has 0 amide bonds. The number of halogens is 3. The predicted molar refractivity (Wildman–Crippen MR) is 34.0 cm³/mol. The number of alkyl halides is 3. The van der Waals surface area contributed by atoms with Crippen LogP contribution in [0.5, 0.6) is 0 Å². The minimum atomic E-state index is -4.33. The molecule has 0 radical (unpaired) electrons. The fourth-order valence-corrected chi connectivity index (χ4v) is 0.782. The highest BCUT2D eigenvalue weighted by atomic mass is 19.4. The van der Waals surface area contributed by atoms with Crippen LogP contribution < -0.4 is 0 Å². The fourth-order valence-electron chi connectivity index (χ4n) is 0.782. The van der Waals surface area contributed by atoms with Crippen molar-refractivity contribution in [1.29, 1.82) is 0 Å². The van der Waals surface area contributed by atoms with Gasteiger partial charge < -0.3 is 0 Å². The summed E-state index contributed by atoms with van der Waals surface area (Å²) >= 11 is 0. The number of rotatable bonds is 0. The van der Waals surface area contributed by atoms with E-state index >= 15 is 0 Å². The third kappa shape index (κ3) is 1.69. The van der Waals surface area contributed by atoms with Crippen LogP contribution in [-0.4, -0.2) is 4.98 Å². The first-order valence-electron chi connectivity index (χ1n) is 3.00. The normalized spacial score (nSPS) is 11.6. The van der Waals surface area contributed by atoms with Crippen LogP contribution in [0.1, 0.15) is 11.3 Å². The smallest absolute Gasteiger partial charge is 0.252 e. The number of pyridine rings is 1. The molecule has 60 valence electrons. The standard InChI is InChI=1S/C7H6F3N/c1-5-3-2-4-11-6(5)7(8,9)10/h2-4H,1H3. The second kappa shape index (κ2) is 2.53. The Morgan fingerprint density at radius 2 is 2.00 bits per heavy atom. The lowest BCUT2D eigenvalue weighted by Gasteiger charge is -2.06. The van der Waals surface area contributed by atoms with E-state index in [-0.39, 0.29) is 5.56 Å². The Kier molecular flexibility index (Phi) is 1.85. The summed E-state index contributed by atoms with van der Waals surface area (Å²) in [6.45, 7) is 1.38. The van der Waals surface area contributed by atoms with E-state index in [9.17, 15) is 13.2 Å². The molecule has 0 aliphatic rings. The van der Waals surface area contributed by atoms with E-state index in [1.54, 1.807) is 0 Å². The van der Waals surface area contributed by atoms with Gasteiger partial charge in [-0.25, -0.2) is 0 Å². The maximum Gasteiger partial charge on any atom is 0.433 e. The summed E-state index contributed by atoms with van der Waals surface area (Å²) in [5.41, 5.74) is -0.653. The molecule has 0 aliphatic carbocycles. The van der Waals surface area contributed by atoms with Crippen LogP contribution in [-0.2, 0) is 6.18 Å². The third-order valence-electron chi connectivity index (χ3n) is 1.28. The van der Waals surface area contributed by atoms with Crippen molar-refractivity contribution in [2.24, 2.45) is 0 Å². The second-order valence-corrected chi connectivity index (χ2v) is 2.17. The quantitative estimate of drug-likeness (QED) is 0.569. The molecule has 0 aliphatic heterocycles. The maximum absolute atomic E-state index is 12.0. The largest absolute Gasteiger partial charge is 0.433 e. The molecule has 1 aromatic rings. The van der Waals surface area contributed by atoms with Gasteiger partial charge in [0.05, 0.1) is 0 Å². The van der Waals surface area contributed by atoms with Crippen molar-refractivity contribution in [1.82, 2.24) is 4.98 Å². The van der Waals surface area contributed by atoms with E-state index in [2.05, 4.69) is 4.98 Å². The van der Waals surface area contributed by atoms with Crippen molar-refractivity contribution >= 4 is 0 Å². The van der Waals surface area contributed by atoms with E-state index in [0.717, 1.165) is 6.20 Å². The minimum Gasteiger partial charge on any atom is -0.252 e. The van der Waals surface area contributed by atoms with Gasteiger partial charge in [0, 0.05) is 6.20 Å². The molecule has 0 N–H and O–H groups in total. The van der Waals surface area contributed by atoms with Crippen molar-refractivity contribution in [2.75, 3.05) is 0 Å². The number of aromatic nitrogens is 1. The summed E-state index contributed by atoms with van der Waals surface area (Å²) in [5.74, 6) is 0. The van der Waals surface area contributed by atoms with Crippen LogP contribution in [0.4, 0.5) is 13.2 Å². The number of hydrogen-bond acceptors (Lipinski definition) is 1. The number of aryl methyl sites for hydroxylation is 1. The lowest BCUT2D eigenvalue weighted by molar-refractivity contribution is -0.141. The van der Waals surface area contributed by atoms with Gasteiger partial charge >= 0.3 is 6.18 Å². The molecule has 0 unspecified atom stereocenters. The van der Waals surface area contributed by atoms with Crippen molar-refractivity contribution in [2.45, 2.75) is 13.1 Å². The topological polar surface area (TPSA) is 12.9 Å². The zero-order valence-corrected chi connectivity index (χ0v) is 5.81. The molecule has 0 atom stereocenters. The Hall–Kier alpha value is -1.06. The highest BCUT2D eigenvalue weighted by molar-refractivity contribution is 5.19. The summed E-state index contributed by atoms with van der Waals surface area (Å²) in [6, 6.07) is 2.86. The lowest BCUT2D eigenvalue weighted by Crippen LogP contribution is -2.09.